The van der Waals surface area contributed by atoms with Crippen molar-refractivity contribution in [1.29, 1.82) is 0 Å². The lowest BCUT2D eigenvalue weighted by Crippen LogP contribution is -2.35. The van der Waals surface area contributed by atoms with Crippen molar-refractivity contribution in [3.63, 3.8) is 0 Å². The molecule has 0 saturated carbocycles. The van der Waals surface area contributed by atoms with E-state index in [1.807, 2.05) is 0 Å². The lowest BCUT2D eigenvalue weighted by molar-refractivity contribution is -0.111. The Hall–Kier alpha value is -2.52. The van der Waals surface area contributed by atoms with Crippen molar-refractivity contribution in [2.75, 3.05) is 13.7 Å². The molecule has 0 amide bonds. The predicted octanol–water partition coefficient (Wildman–Crippen LogP) is -0.489. The molecule has 0 fully saturated rings. The second-order valence-corrected chi connectivity index (χ2v) is 4.33. The molecule has 8 nitrogen and oxygen atoms in total. The molecular weight excluding hydrogens is 289 g/mol. The zero-order valence-electron chi connectivity index (χ0n) is 11.6. The van der Waals surface area contributed by atoms with E-state index in [-0.39, 0.29) is 11.6 Å². The predicted molar refractivity (Wildman–Crippen MR) is 75.0 cm³/mol. The number of rotatable bonds is 5. The van der Waals surface area contributed by atoms with Gasteiger partial charge in [-0.2, -0.15) is 0 Å². The normalized spacial score (nSPS) is 11.0. The number of pyridine rings is 1. The Morgan fingerprint density at radius 2 is 2.09 bits per heavy atom. The van der Waals surface area contributed by atoms with E-state index in [1.54, 1.807) is 6.07 Å². The Labute approximate surface area is 127 Å². The fourth-order valence-electron chi connectivity index (χ4n) is 1.51. The summed E-state index contributed by atoms with van der Waals surface area (Å²) in [5.74, 6) is -0.439. The molecular formula is C13H12BN3O5. The van der Waals surface area contributed by atoms with Crippen LogP contribution >= 0.6 is 0 Å². The second kappa shape index (κ2) is 6.50. The van der Waals surface area contributed by atoms with Crippen LogP contribution in [0.3, 0.4) is 0 Å². The summed E-state index contributed by atoms with van der Waals surface area (Å²) in [5, 5.41) is 17.9. The number of ether oxygens (including phenoxy) is 2. The highest BCUT2D eigenvalue weighted by Crippen LogP contribution is 2.18. The van der Waals surface area contributed by atoms with Gasteiger partial charge in [-0.3, -0.25) is 4.98 Å². The van der Waals surface area contributed by atoms with Gasteiger partial charge in [0.15, 0.2) is 13.5 Å². The number of aromatic nitrogens is 3. The molecule has 2 N–H and O–H groups in total. The van der Waals surface area contributed by atoms with Crippen molar-refractivity contribution in [3.05, 3.63) is 36.4 Å². The van der Waals surface area contributed by atoms with Crippen LogP contribution in [-0.4, -0.2) is 58.4 Å². The van der Waals surface area contributed by atoms with Crippen LogP contribution in [0, 0.1) is 0 Å². The summed E-state index contributed by atoms with van der Waals surface area (Å²) in [7, 11) is 6.21. The van der Waals surface area contributed by atoms with Crippen molar-refractivity contribution in [2.45, 2.75) is 5.69 Å². The van der Waals surface area contributed by atoms with Crippen LogP contribution in [0.1, 0.15) is 10.5 Å². The van der Waals surface area contributed by atoms with Gasteiger partial charge in [0.05, 0.1) is 25.2 Å². The molecule has 0 unspecified atom stereocenters. The monoisotopic (exact) mass is 301 g/mol. The molecule has 0 aliphatic rings. The molecule has 2 rings (SSSR count). The van der Waals surface area contributed by atoms with Crippen LogP contribution in [0.4, 0.5) is 0 Å². The highest BCUT2D eigenvalue weighted by atomic mass is 16.6. The summed E-state index contributed by atoms with van der Waals surface area (Å²) >= 11 is 0. The molecule has 0 saturated heterocycles. The van der Waals surface area contributed by atoms with Crippen molar-refractivity contribution in [1.82, 2.24) is 15.0 Å². The van der Waals surface area contributed by atoms with Crippen LogP contribution in [0.2, 0.25) is 0 Å². The number of methoxy groups -OCH3 is 1. The number of carbonyl (C=O) groups excluding carboxylic acids is 1. The number of nitrogens with zero attached hydrogens (tertiary/aromatic N) is 3. The fourth-order valence-corrected chi connectivity index (χ4v) is 1.51. The van der Waals surface area contributed by atoms with Gasteiger partial charge < -0.3 is 19.7 Å². The zero-order chi connectivity index (χ0) is 16.2. The Morgan fingerprint density at radius 3 is 2.68 bits per heavy atom. The Kier molecular flexibility index (Phi) is 4.69. The maximum absolute atomic E-state index is 11.4. The maximum Gasteiger partial charge on any atom is 0.358 e. The molecule has 2 heterocycles. The van der Waals surface area contributed by atoms with Gasteiger partial charge in [-0.15, -0.1) is 0 Å². The first kappa shape index (κ1) is 15.9. The summed E-state index contributed by atoms with van der Waals surface area (Å²) < 4.78 is 9.57. The molecule has 22 heavy (non-hydrogen) atoms. The minimum atomic E-state index is -2.43. The standard InChI is InChI=1S/C13H12BN3O5/c1-21-12(18)10-6-15-5-9(17-10)8-2-3-11(16-4-8)22-7-13(14,19)20/h2-6,19-20H,7H2,1H3. The molecule has 112 valence electrons. The van der Waals surface area contributed by atoms with Crippen LogP contribution in [0.5, 0.6) is 5.88 Å². The Bertz CT molecular complexity index is 657. The molecule has 0 spiro atoms. The SMILES string of the molecule is [B]C(O)(O)COc1ccc(-c2cncc(C(=O)OC)n2)cn1. The smallest absolute Gasteiger partial charge is 0.358 e. The van der Waals surface area contributed by atoms with Gasteiger partial charge in [0.1, 0.15) is 12.3 Å². The van der Waals surface area contributed by atoms with E-state index < -0.39 is 18.3 Å². The van der Waals surface area contributed by atoms with Crippen LogP contribution in [-0.2, 0) is 4.74 Å². The van der Waals surface area contributed by atoms with Crippen molar-refractivity contribution < 1.29 is 24.5 Å². The van der Waals surface area contributed by atoms with E-state index in [0.717, 1.165) is 0 Å². The molecule has 0 atom stereocenters. The minimum absolute atomic E-state index is 0.0776. The topological polar surface area (TPSA) is 115 Å². The summed E-state index contributed by atoms with van der Waals surface area (Å²) in [6, 6.07) is 3.12. The van der Waals surface area contributed by atoms with Gasteiger partial charge in [-0.05, 0) is 6.07 Å². The highest BCUT2D eigenvalue weighted by molar-refractivity contribution is 6.13. The molecule has 0 aliphatic carbocycles. The Balaban J connectivity index is 2.15. The van der Waals surface area contributed by atoms with E-state index in [1.165, 1.54) is 31.8 Å². The van der Waals surface area contributed by atoms with Gasteiger partial charge in [0.2, 0.25) is 5.88 Å². The van der Waals surface area contributed by atoms with E-state index in [2.05, 4.69) is 19.7 Å². The van der Waals surface area contributed by atoms with Gasteiger partial charge in [-0.25, -0.2) is 14.8 Å². The third-order valence-corrected chi connectivity index (χ3v) is 2.49. The van der Waals surface area contributed by atoms with Gasteiger partial charge in [0, 0.05) is 17.8 Å². The van der Waals surface area contributed by atoms with E-state index in [4.69, 9.17) is 22.8 Å². The first-order valence-electron chi connectivity index (χ1n) is 6.12. The maximum atomic E-state index is 11.4. The third-order valence-electron chi connectivity index (χ3n) is 2.49. The fraction of sp³-hybridized carbons (Fsp3) is 0.231. The zero-order valence-corrected chi connectivity index (χ0v) is 11.6. The number of hydrogen-bond acceptors (Lipinski definition) is 8. The summed E-state index contributed by atoms with van der Waals surface area (Å²) in [6.07, 6.45) is 4.20. The quantitative estimate of drug-likeness (QED) is 0.432. The largest absolute Gasteiger partial charge is 0.473 e. The van der Waals surface area contributed by atoms with Crippen LogP contribution < -0.4 is 4.74 Å². The van der Waals surface area contributed by atoms with Crippen LogP contribution in [0.25, 0.3) is 11.3 Å². The first-order valence-corrected chi connectivity index (χ1v) is 6.12. The molecule has 2 aromatic rings. The Morgan fingerprint density at radius 1 is 1.32 bits per heavy atom. The minimum Gasteiger partial charge on any atom is -0.473 e. The third kappa shape index (κ3) is 4.24. The lowest BCUT2D eigenvalue weighted by Gasteiger charge is -2.16. The number of esters is 1. The summed E-state index contributed by atoms with van der Waals surface area (Å²) in [6.45, 7) is -0.531. The van der Waals surface area contributed by atoms with E-state index in [9.17, 15) is 4.79 Å². The van der Waals surface area contributed by atoms with E-state index >= 15 is 0 Å². The highest BCUT2D eigenvalue weighted by Gasteiger charge is 2.15. The number of carbonyl (C=O) groups is 1. The molecule has 0 aliphatic heterocycles. The van der Waals surface area contributed by atoms with Gasteiger partial charge >= 0.3 is 5.97 Å². The molecule has 0 bridgehead atoms. The summed E-state index contributed by atoms with van der Waals surface area (Å²) in [4.78, 5) is 23.4. The molecule has 2 aromatic heterocycles. The van der Waals surface area contributed by atoms with Crippen molar-refractivity contribution in [2.24, 2.45) is 0 Å². The van der Waals surface area contributed by atoms with Crippen molar-refractivity contribution in [3.8, 4) is 17.1 Å². The van der Waals surface area contributed by atoms with Crippen molar-refractivity contribution >= 4 is 13.8 Å². The van der Waals surface area contributed by atoms with Crippen LogP contribution in [0.15, 0.2) is 30.7 Å². The van der Waals surface area contributed by atoms with E-state index in [0.29, 0.717) is 11.3 Å². The van der Waals surface area contributed by atoms with Gasteiger partial charge in [0.25, 0.3) is 0 Å². The molecule has 0 aromatic carbocycles. The number of hydrogen-bond donors (Lipinski definition) is 2. The molecule has 9 heteroatoms. The average Bonchev–Trinajstić information content (AvgIpc) is 2.52. The second-order valence-electron chi connectivity index (χ2n) is 4.33. The summed E-state index contributed by atoms with van der Waals surface area (Å²) in [5.41, 5.74) is -1.33. The average molecular weight is 301 g/mol. The lowest BCUT2D eigenvalue weighted by atomic mass is 9.96. The first-order chi connectivity index (χ1) is 10.4. The molecule has 2 radical (unpaired) electrons. The number of aliphatic hydroxyl groups is 2. The van der Waals surface area contributed by atoms with Gasteiger partial charge in [-0.1, -0.05) is 0 Å².